The molecule has 0 saturated heterocycles. The molecule has 1 heterocycles. The Morgan fingerprint density at radius 2 is 1.44 bits per heavy atom. The van der Waals surface area contributed by atoms with Gasteiger partial charge in [0.2, 0.25) is 5.91 Å². The minimum Gasteiger partial charge on any atom is -0.497 e. The van der Waals surface area contributed by atoms with Crippen molar-refractivity contribution >= 4 is 50.0 Å². The molecule has 0 spiro atoms. The number of rotatable bonds is 10. The molecule has 10 nitrogen and oxygen atoms in total. The predicted molar refractivity (Wildman–Crippen MR) is 155 cm³/mol. The number of hydrogen-bond acceptors (Lipinski definition) is 8. The molecule has 1 aromatic heterocycles. The number of methoxy groups -OCH3 is 2. The summed E-state index contributed by atoms with van der Waals surface area (Å²) < 4.78 is 39.9. The van der Waals surface area contributed by atoms with Gasteiger partial charge < -0.3 is 20.1 Å². The number of sulfonamides is 1. The molecule has 0 saturated carbocycles. The molecule has 0 radical (unpaired) electrons. The molecular weight excluding hydrogens is 518 g/mol. The van der Waals surface area contributed by atoms with Gasteiger partial charge in [-0.15, -0.1) is 0 Å². The molecule has 0 aliphatic heterocycles. The Labute approximate surface area is 228 Å². The van der Waals surface area contributed by atoms with Crippen LogP contribution in [0.1, 0.15) is 33.6 Å². The number of nitrogens with one attached hydrogen (secondary N) is 3. The van der Waals surface area contributed by atoms with E-state index in [4.69, 9.17) is 9.47 Å². The number of aromatic nitrogens is 2. The third kappa shape index (κ3) is 7.57. The van der Waals surface area contributed by atoms with Gasteiger partial charge in [-0.2, -0.15) is 0 Å². The maximum atomic E-state index is 13.3. The first-order chi connectivity index (χ1) is 18.8. The summed E-state index contributed by atoms with van der Waals surface area (Å²) in [5.74, 6) is 1.08. The Morgan fingerprint density at radius 3 is 2.03 bits per heavy atom. The number of para-hydroxylation sites is 2. The van der Waals surface area contributed by atoms with E-state index >= 15 is 0 Å². The monoisotopic (exact) mass is 551 g/mol. The number of nitrogens with zero attached hydrogens (tertiary/aromatic N) is 2. The van der Waals surface area contributed by atoms with E-state index in [0.29, 0.717) is 46.7 Å². The van der Waals surface area contributed by atoms with Crippen LogP contribution in [0, 0.1) is 0 Å². The molecule has 11 heteroatoms. The Kier molecular flexibility index (Phi) is 10.0. The van der Waals surface area contributed by atoms with Crippen molar-refractivity contribution in [3.63, 3.8) is 0 Å². The second kappa shape index (κ2) is 13.4. The largest absolute Gasteiger partial charge is 0.497 e. The van der Waals surface area contributed by atoms with Crippen molar-refractivity contribution in [1.29, 1.82) is 0 Å². The Balaban J connectivity index is 0.00000205. The van der Waals surface area contributed by atoms with Gasteiger partial charge in [-0.25, -0.2) is 18.4 Å². The molecule has 0 fully saturated rings. The summed E-state index contributed by atoms with van der Waals surface area (Å²) in [7, 11) is -1.02. The summed E-state index contributed by atoms with van der Waals surface area (Å²) in [6.07, 6.45) is 1.02. The van der Waals surface area contributed by atoms with Crippen LogP contribution in [0.4, 0.5) is 23.0 Å². The van der Waals surface area contributed by atoms with Gasteiger partial charge in [-0.1, -0.05) is 39.0 Å². The lowest BCUT2D eigenvalue weighted by Crippen LogP contribution is -2.17. The third-order valence-electron chi connectivity index (χ3n) is 5.32. The summed E-state index contributed by atoms with van der Waals surface area (Å²) in [5.41, 5.74) is 2.02. The first-order valence-corrected chi connectivity index (χ1v) is 14.0. The van der Waals surface area contributed by atoms with Crippen LogP contribution in [0.5, 0.6) is 11.5 Å². The molecule has 0 unspecified atom stereocenters. The molecular formula is C28H33N5O5S. The van der Waals surface area contributed by atoms with Crippen molar-refractivity contribution in [1.82, 2.24) is 9.97 Å². The van der Waals surface area contributed by atoms with E-state index in [0.717, 1.165) is 0 Å². The van der Waals surface area contributed by atoms with Crippen LogP contribution in [-0.4, -0.2) is 38.5 Å². The predicted octanol–water partition coefficient (Wildman–Crippen LogP) is 5.96. The number of amides is 1. The molecule has 39 heavy (non-hydrogen) atoms. The van der Waals surface area contributed by atoms with Crippen molar-refractivity contribution in [2.75, 3.05) is 29.6 Å². The second-order valence-electron chi connectivity index (χ2n) is 8.07. The fourth-order valence-electron chi connectivity index (χ4n) is 3.55. The second-order valence-corrected chi connectivity index (χ2v) is 9.75. The first-order valence-electron chi connectivity index (χ1n) is 12.5. The summed E-state index contributed by atoms with van der Waals surface area (Å²) in [4.78, 5) is 21.1. The minimum atomic E-state index is -4.09. The average molecular weight is 552 g/mol. The van der Waals surface area contributed by atoms with Gasteiger partial charge in [0, 0.05) is 36.0 Å². The maximum absolute atomic E-state index is 13.3. The van der Waals surface area contributed by atoms with E-state index < -0.39 is 10.0 Å². The lowest BCUT2D eigenvalue weighted by Gasteiger charge is -2.15. The van der Waals surface area contributed by atoms with Crippen molar-refractivity contribution in [3.05, 3.63) is 66.7 Å². The number of carbonyl (C=O) groups is 1. The average Bonchev–Trinajstić information content (AvgIpc) is 2.94. The lowest BCUT2D eigenvalue weighted by atomic mass is 10.2. The van der Waals surface area contributed by atoms with Gasteiger partial charge in [-0.3, -0.25) is 9.52 Å². The smallest absolute Gasteiger partial charge is 0.263 e. The van der Waals surface area contributed by atoms with Crippen LogP contribution in [0.2, 0.25) is 0 Å². The number of benzene rings is 3. The zero-order valence-electron chi connectivity index (χ0n) is 22.6. The Morgan fingerprint density at radius 1 is 0.821 bits per heavy atom. The standard InChI is InChI=1S/C26H27N5O5S.C2H6/c1-4-8-24(32)27-17-9-7-10-21(15-17)37(33,34)31-26-25(29-22-11-5-6-12-23(22)30-26)28-18-13-19(35-2)16-20(14-18)36-3;1-2/h5-7,9-16H,4,8H2,1-3H3,(H,27,32)(H,28,29)(H,30,31);1-2H3. The minimum absolute atomic E-state index is 0.000841. The fraction of sp³-hybridized carbons (Fsp3) is 0.250. The highest BCUT2D eigenvalue weighted by Crippen LogP contribution is 2.31. The van der Waals surface area contributed by atoms with E-state index in [-0.39, 0.29) is 22.4 Å². The molecule has 206 valence electrons. The normalized spacial score (nSPS) is 10.7. The highest BCUT2D eigenvalue weighted by molar-refractivity contribution is 7.92. The maximum Gasteiger partial charge on any atom is 0.263 e. The topological polar surface area (TPSA) is 132 Å². The molecule has 3 aromatic carbocycles. The highest BCUT2D eigenvalue weighted by Gasteiger charge is 2.20. The van der Waals surface area contributed by atoms with Crippen LogP contribution in [0.15, 0.2) is 71.6 Å². The Bertz CT molecular complexity index is 1520. The fourth-order valence-corrected chi connectivity index (χ4v) is 4.61. The summed E-state index contributed by atoms with van der Waals surface area (Å²) in [5, 5.41) is 5.84. The molecule has 0 atom stereocenters. The molecule has 0 bridgehead atoms. The van der Waals surface area contributed by atoms with Crippen LogP contribution in [-0.2, 0) is 14.8 Å². The number of anilines is 4. The molecule has 3 N–H and O–H groups in total. The zero-order chi connectivity index (χ0) is 28.4. The number of carbonyl (C=O) groups excluding carboxylic acids is 1. The van der Waals surface area contributed by atoms with Gasteiger partial charge >= 0.3 is 0 Å². The quantitative estimate of drug-likeness (QED) is 0.220. The van der Waals surface area contributed by atoms with Crippen LogP contribution >= 0.6 is 0 Å². The molecule has 4 aromatic rings. The highest BCUT2D eigenvalue weighted by atomic mass is 32.2. The van der Waals surface area contributed by atoms with E-state index in [1.807, 2.05) is 26.8 Å². The van der Waals surface area contributed by atoms with Gasteiger partial charge in [-0.05, 0) is 36.8 Å². The number of ether oxygens (including phenoxy) is 2. The van der Waals surface area contributed by atoms with Gasteiger partial charge in [0.05, 0.1) is 30.1 Å². The van der Waals surface area contributed by atoms with Crippen LogP contribution in [0.3, 0.4) is 0 Å². The lowest BCUT2D eigenvalue weighted by molar-refractivity contribution is -0.116. The summed E-state index contributed by atoms with van der Waals surface area (Å²) in [6.45, 7) is 5.89. The SMILES string of the molecule is CC.CCCC(=O)Nc1cccc(S(=O)(=O)Nc2nc3ccccc3nc2Nc2cc(OC)cc(OC)c2)c1. The molecule has 1 amide bonds. The van der Waals surface area contributed by atoms with Crippen LogP contribution < -0.4 is 24.8 Å². The Hall–Kier alpha value is -4.38. The molecule has 0 aliphatic rings. The molecule has 0 aliphatic carbocycles. The number of fused-ring (bicyclic) bond motifs is 1. The first kappa shape index (κ1) is 29.2. The van der Waals surface area contributed by atoms with Gasteiger partial charge in [0.1, 0.15) is 11.5 Å². The van der Waals surface area contributed by atoms with Crippen molar-refractivity contribution < 1.29 is 22.7 Å². The van der Waals surface area contributed by atoms with Crippen LogP contribution in [0.25, 0.3) is 11.0 Å². The van der Waals surface area contributed by atoms with Gasteiger partial charge in [0.25, 0.3) is 10.0 Å². The van der Waals surface area contributed by atoms with Crippen molar-refractivity contribution in [2.45, 2.75) is 38.5 Å². The van der Waals surface area contributed by atoms with Gasteiger partial charge in [0.15, 0.2) is 11.6 Å². The van der Waals surface area contributed by atoms with E-state index in [9.17, 15) is 13.2 Å². The van der Waals surface area contributed by atoms with Crippen molar-refractivity contribution in [2.24, 2.45) is 0 Å². The summed E-state index contributed by atoms with van der Waals surface area (Å²) in [6, 6.07) is 18.3. The number of hydrogen-bond donors (Lipinski definition) is 3. The summed E-state index contributed by atoms with van der Waals surface area (Å²) >= 11 is 0. The van der Waals surface area contributed by atoms with E-state index in [1.165, 1.54) is 26.4 Å². The van der Waals surface area contributed by atoms with E-state index in [1.54, 1.807) is 48.5 Å². The van der Waals surface area contributed by atoms with E-state index in [2.05, 4.69) is 25.3 Å². The van der Waals surface area contributed by atoms with Crippen molar-refractivity contribution in [3.8, 4) is 11.5 Å². The zero-order valence-corrected chi connectivity index (χ0v) is 23.4. The third-order valence-corrected chi connectivity index (χ3v) is 6.66. The molecule has 4 rings (SSSR count).